The van der Waals surface area contributed by atoms with E-state index in [-0.39, 0.29) is 0 Å². The Morgan fingerprint density at radius 3 is 2.54 bits per heavy atom. The Bertz CT molecular complexity index is 284. The van der Waals surface area contributed by atoms with Gasteiger partial charge >= 0.3 is 0 Å². The predicted octanol–water partition coefficient (Wildman–Crippen LogP) is 2.26. The third-order valence-corrected chi connectivity index (χ3v) is 1.92. The molecule has 0 aliphatic heterocycles. The van der Waals surface area contributed by atoms with Crippen LogP contribution in [0, 0.1) is 0 Å². The Balaban J connectivity index is 3.10. The van der Waals surface area contributed by atoms with Crippen LogP contribution in [0.15, 0.2) is 12.1 Å². The van der Waals surface area contributed by atoms with Gasteiger partial charge in [-0.2, -0.15) is 0 Å². The smallest absolute Gasteiger partial charge is 0.213 e. The van der Waals surface area contributed by atoms with Crippen LogP contribution in [0.5, 0.6) is 5.88 Å². The van der Waals surface area contributed by atoms with Gasteiger partial charge in [-0.15, -0.1) is 0 Å². The number of nitrogens with zero attached hydrogens (tertiary/aromatic N) is 1. The highest BCUT2D eigenvalue weighted by Gasteiger charge is 2.08. The van der Waals surface area contributed by atoms with Gasteiger partial charge in [0.2, 0.25) is 5.88 Å². The highest BCUT2D eigenvalue weighted by atomic mass is 16.5. The van der Waals surface area contributed by atoms with Gasteiger partial charge in [0.25, 0.3) is 0 Å². The molecule has 0 aliphatic rings. The summed E-state index contributed by atoms with van der Waals surface area (Å²) in [4.78, 5) is 4.38. The van der Waals surface area contributed by atoms with Gasteiger partial charge in [0.15, 0.2) is 0 Å². The fourth-order valence-electron chi connectivity index (χ4n) is 1.22. The van der Waals surface area contributed by atoms with Crippen molar-refractivity contribution >= 4 is 5.69 Å². The number of aromatic nitrogens is 1. The maximum Gasteiger partial charge on any atom is 0.213 e. The van der Waals surface area contributed by atoms with Crippen LogP contribution in [0.4, 0.5) is 5.69 Å². The van der Waals surface area contributed by atoms with Crippen LogP contribution >= 0.6 is 0 Å². The van der Waals surface area contributed by atoms with Crippen molar-refractivity contribution in [2.75, 3.05) is 19.5 Å². The summed E-state index contributed by atoms with van der Waals surface area (Å²) >= 11 is 0. The van der Waals surface area contributed by atoms with Crippen LogP contribution < -0.4 is 10.1 Å². The third-order valence-electron chi connectivity index (χ3n) is 1.92. The molecule has 1 heterocycles. The molecule has 0 aromatic carbocycles. The molecule has 1 N–H and O–H groups in total. The molecule has 3 heteroatoms. The van der Waals surface area contributed by atoms with E-state index in [1.807, 2.05) is 19.2 Å². The summed E-state index contributed by atoms with van der Waals surface area (Å²) in [5, 5.41) is 3.11. The third kappa shape index (κ3) is 2.11. The summed E-state index contributed by atoms with van der Waals surface area (Å²) in [6.45, 7) is 4.23. The zero-order chi connectivity index (χ0) is 9.84. The van der Waals surface area contributed by atoms with Crippen molar-refractivity contribution in [1.82, 2.24) is 4.98 Å². The molecule has 1 aromatic heterocycles. The van der Waals surface area contributed by atoms with Gasteiger partial charge in [-0.3, -0.25) is 0 Å². The number of hydrogen-bond acceptors (Lipinski definition) is 3. The van der Waals surface area contributed by atoms with E-state index in [4.69, 9.17) is 4.74 Å². The molecule has 13 heavy (non-hydrogen) atoms. The summed E-state index contributed by atoms with van der Waals surface area (Å²) in [7, 11) is 3.53. The van der Waals surface area contributed by atoms with Crippen LogP contribution in [0.3, 0.4) is 0 Å². The van der Waals surface area contributed by atoms with Crippen molar-refractivity contribution in [3.63, 3.8) is 0 Å². The lowest BCUT2D eigenvalue weighted by Crippen LogP contribution is -2.01. The second kappa shape index (κ2) is 4.12. The van der Waals surface area contributed by atoms with Crippen molar-refractivity contribution < 1.29 is 4.74 Å². The SMILES string of the molecule is CNc1ccc(OC)nc1C(C)C. The minimum Gasteiger partial charge on any atom is -0.481 e. The molecule has 1 aromatic rings. The van der Waals surface area contributed by atoms with E-state index in [2.05, 4.69) is 24.1 Å². The standard InChI is InChI=1S/C10H16N2O/c1-7(2)10-8(11-3)5-6-9(12-10)13-4/h5-7,11H,1-4H3. The topological polar surface area (TPSA) is 34.1 Å². The Kier molecular flexibility index (Phi) is 3.12. The molecule has 0 radical (unpaired) electrons. The van der Waals surface area contributed by atoms with Crippen molar-refractivity contribution in [2.45, 2.75) is 19.8 Å². The minimum atomic E-state index is 0.401. The van der Waals surface area contributed by atoms with E-state index in [0.29, 0.717) is 11.8 Å². The first-order chi connectivity index (χ1) is 6.19. The fraction of sp³-hybridized carbons (Fsp3) is 0.500. The van der Waals surface area contributed by atoms with Crippen LogP contribution in [-0.4, -0.2) is 19.1 Å². The predicted molar refractivity (Wildman–Crippen MR) is 54.4 cm³/mol. The number of nitrogens with one attached hydrogen (secondary N) is 1. The Morgan fingerprint density at radius 1 is 1.38 bits per heavy atom. The molecule has 0 fully saturated rings. The number of methoxy groups -OCH3 is 1. The lowest BCUT2D eigenvalue weighted by atomic mass is 10.1. The van der Waals surface area contributed by atoms with Gasteiger partial charge in [-0.1, -0.05) is 13.8 Å². The number of hydrogen-bond donors (Lipinski definition) is 1. The summed E-state index contributed by atoms with van der Waals surface area (Å²) in [6, 6.07) is 3.85. The number of pyridine rings is 1. The normalized spacial score (nSPS) is 10.2. The van der Waals surface area contributed by atoms with Crippen molar-refractivity contribution in [3.8, 4) is 5.88 Å². The molecule has 0 unspecified atom stereocenters. The zero-order valence-electron chi connectivity index (χ0n) is 8.59. The number of rotatable bonds is 3. The molecule has 1 rings (SSSR count). The van der Waals surface area contributed by atoms with Crippen molar-refractivity contribution in [1.29, 1.82) is 0 Å². The van der Waals surface area contributed by atoms with E-state index >= 15 is 0 Å². The van der Waals surface area contributed by atoms with Crippen LogP contribution in [-0.2, 0) is 0 Å². The Morgan fingerprint density at radius 2 is 2.08 bits per heavy atom. The lowest BCUT2D eigenvalue weighted by molar-refractivity contribution is 0.396. The van der Waals surface area contributed by atoms with Gasteiger partial charge in [-0.25, -0.2) is 4.98 Å². The number of anilines is 1. The maximum atomic E-state index is 5.07. The molecular formula is C10H16N2O. The first-order valence-electron chi connectivity index (χ1n) is 4.41. The molecule has 0 bridgehead atoms. The molecule has 0 saturated heterocycles. The zero-order valence-corrected chi connectivity index (χ0v) is 8.59. The first-order valence-corrected chi connectivity index (χ1v) is 4.41. The molecule has 0 atom stereocenters. The summed E-state index contributed by atoms with van der Waals surface area (Å²) in [5.74, 6) is 1.07. The quantitative estimate of drug-likeness (QED) is 0.774. The van der Waals surface area contributed by atoms with Gasteiger partial charge < -0.3 is 10.1 Å². The molecule has 0 spiro atoms. The van der Waals surface area contributed by atoms with Gasteiger partial charge in [-0.05, 0) is 12.0 Å². The van der Waals surface area contributed by atoms with Crippen LogP contribution in [0.1, 0.15) is 25.5 Å². The van der Waals surface area contributed by atoms with Crippen LogP contribution in [0.25, 0.3) is 0 Å². The van der Waals surface area contributed by atoms with E-state index < -0.39 is 0 Å². The van der Waals surface area contributed by atoms with Crippen molar-refractivity contribution in [3.05, 3.63) is 17.8 Å². The van der Waals surface area contributed by atoms with Gasteiger partial charge in [0.05, 0.1) is 18.5 Å². The van der Waals surface area contributed by atoms with E-state index in [1.165, 1.54) is 0 Å². The molecular weight excluding hydrogens is 164 g/mol. The number of ether oxygens (including phenoxy) is 1. The Hall–Kier alpha value is -1.25. The van der Waals surface area contributed by atoms with E-state index in [0.717, 1.165) is 11.4 Å². The average Bonchev–Trinajstić information content (AvgIpc) is 2.16. The van der Waals surface area contributed by atoms with Crippen molar-refractivity contribution in [2.24, 2.45) is 0 Å². The van der Waals surface area contributed by atoms with Crippen LogP contribution in [0.2, 0.25) is 0 Å². The van der Waals surface area contributed by atoms with Gasteiger partial charge in [0, 0.05) is 13.1 Å². The Labute approximate surface area is 79.1 Å². The fourth-order valence-corrected chi connectivity index (χ4v) is 1.22. The molecule has 3 nitrogen and oxygen atoms in total. The second-order valence-corrected chi connectivity index (χ2v) is 3.19. The molecule has 0 aliphatic carbocycles. The molecule has 0 amide bonds. The molecule has 0 saturated carbocycles. The van der Waals surface area contributed by atoms with E-state index in [1.54, 1.807) is 7.11 Å². The van der Waals surface area contributed by atoms with E-state index in [9.17, 15) is 0 Å². The lowest BCUT2D eigenvalue weighted by Gasteiger charge is -2.12. The summed E-state index contributed by atoms with van der Waals surface area (Å²) in [6.07, 6.45) is 0. The largest absolute Gasteiger partial charge is 0.481 e. The highest BCUT2D eigenvalue weighted by molar-refractivity contribution is 5.50. The maximum absolute atomic E-state index is 5.07. The second-order valence-electron chi connectivity index (χ2n) is 3.19. The summed E-state index contributed by atoms with van der Waals surface area (Å²) < 4.78 is 5.07. The monoisotopic (exact) mass is 180 g/mol. The minimum absolute atomic E-state index is 0.401. The molecule has 72 valence electrons. The highest BCUT2D eigenvalue weighted by Crippen LogP contribution is 2.24. The van der Waals surface area contributed by atoms with Gasteiger partial charge in [0.1, 0.15) is 0 Å². The average molecular weight is 180 g/mol. The summed E-state index contributed by atoms with van der Waals surface area (Å²) in [5.41, 5.74) is 2.11. The first kappa shape index (κ1) is 9.84.